The van der Waals surface area contributed by atoms with Gasteiger partial charge >= 0.3 is 0 Å². The van der Waals surface area contributed by atoms with Crippen molar-refractivity contribution in [3.05, 3.63) is 6.20 Å². The minimum absolute atomic E-state index is 0.185. The van der Waals surface area contributed by atoms with E-state index in [1.165, 1.54) is 19.3 Å². The minimum Gasteiger partial charge on any atom is -0.369 e. The number of nitrogens with zero attached hydrogens (tertiary/aromatic N) is 4. The van der Waals surface area contributed by atoms with Crippen LogP contribution in [-0.2, 0) is 11.3 Å². The van der Waals surface area contributed by atoms with Crippen molar-refractivity contribution in [1.29, 1.82) is 0 Å². The molecule has 0 atom stereocenters. The van der Waals surface area contributed by atoms with Crippen LogP contribution in [0.25, 0.3) is 11.0 Å². The second-order valence-electron chi connectivity index (χ2n) is 7.68. The van der Waals surface area contributed by atoms with Gasteiger partial charge in [0.05, 0.1) is 18.1 Å². The van der Waals surface area contributed by atoms with Crippen molar-refractivity contribution < 1.29 is 4.79 Å². The zero-order valence-electron chi connectivity index (χ0n) is 17.2. The van der Waals surface area contributed by atoms with E-state index in [0.29, 0.717) is 18.3 Å². The number of carbonyl (C=O) groups excluding carboxylic acids is 1. The Morgan fingerprint density at radius 3 is 2.75 bits per heavy atom. The number of thioether (sulfide) groups is 1. The number of fused-ring (bicyclic) bond motifs is 1. The normalized spacial score (nSPS) is 15.3. The fourth-order valence-electron chi connectivity index (χ4n) is 3.53. The van der Waals surface area contributed by atoms with Crippen LogP contribution < -0.4 is 10.6 Å². The predicted octanol–water partition coefficient (Wildman–Crippen LogP) is 3.85. The van der Waals surface area contributed by atoms with Gasteiger partial charge in [-0.05, 0) is 19.3 Å². The molecule has 0 bridgehead atoms. The van der Waals surface area contributed by atoms with Crippen LogP contribution in [0.1, 0.15) is 59.3 Å². The summed E-state index contributed by atoms with van der Waals surface area (Å²) in [6.45, 7) is 8.44. The zero-order chi connectivity index (χ0) is 19.9. The largest absolute Gasteiger partial charge is 0.369 e. The second-order valence-corrected chi connectivity index (χ2v) is 9.22. The van der Waals surface area contributed by atoms with E-state index in [0.717, 1.165) is 47.8 Å². The molecule has 2 N–H and O–H groups in total. The molecule has 1 aliphatic carbocycles. The van der Waals surface area contributed by atoms with E-state index in [9.17, 15) is 4.79 Å². The first kappa shape index (κ1) is 20.9. The summed E-state index contributed by atoms with van der Waals surface area (Å²) >= 11 is 1.65. The Hall–Kier alpha value is -1.83. The molecule has 3 rings (SSSR count). The molecule has 0 aromatic carbocycles. The molecule has 2 aromatic rings. The van der Waals surface area contributed by atoms with Gasteiger partial charge in [0.25, 0.3) is 0 Å². The fraction of sp³-hybridized carbons (Fsp3) is 0.700. The molecule has 1 saturated carbocycles. The van der Waals surface area contributed by atoms with E-state index >= 15 is 0 Å². The topological polar surface area (TPSA) is 84.7 Å². The van der Waals surface area contributed by atoms with Gasteiger partial charge in [0.2, 0.25) is 5.91 Å². The SMILES string of the molecule is CCCNc1nc(SC(C)C)nc2c1cnn2CCNC(=O)C1CCCCC1. The maximum Gasteiger partial charge on any atom is 0.223 e. The van der Waals surface area contributed by atoms with Gasteiger partial charge in [-0.25, -0.2) is 14.6 Å². The Labute approximate surface area is 171 Å². The van der Waals surface area contributed by atoms with E-state index < -0.39 is 0 Å². The van der Waals surface area contributed by atoms with E-state index in [1.54, 1.807) is 11.8 Å². The number of rotatable bonds is 9. The lowest BCUT2D eigenvalue weighted by Crippen LogP contribution is -2.34. The standard InChI is InChI=1S/C20H32N6OS/c1-4-10-21-17-16-13-23-26(18(16)25-20(24-17)28-14(2)3)12-11-22-19(27)15-8-6-5-7-9-15/h13-15H,4-12H2,1-3H3,(H,22,27)(H,21,24,25). The number of hydrogen-bond acceptors (Lipinski definition) is 6. The monoisotopic (exact) mass is 404 g/mol. The molecule has 7 nitrogen and oxygen atoms in total. The van der Waals surface area contributed by atoms with Crippen molar-refractivity contribution in [3.63, 3.8) is 0 Å². The van der Waals surface area contributed by atoms with Gasteiger partial charge in [-0.15, -0.1) is 0 Å². The number of nitrogens with one attached hydrogen (secondary N) is 2. The van der Waals surface area contributed by atoms with Gasteiger partial charge in [0.1, 0.15) is 5.82 Å². The Morgan fingerprint density at radius 2 is 2.04 bits per heavy atom. The van der Waals surface area contributed by atoms with E-state index in [4.69, 9.17) is 4.98 Å². The number of aromatic nitrogens is 4. The smallest absolute Gasteiger partial charge is 0.223 e. The van der Waals surface area contributed by atoms with Crippen molar-refractivity contribution in [1.82, 2.24) is 25.1 Å². The molecule has 0 aliphatic heterocycles. The molecule has 0 radical (unpaired) electrons. The van der Waals surface area contributed by atoms with Crippen LogP contribution in [-0.4, -0.2) is 44.0 Å². The number of anilines is 1. The Morgan fingerprint density at radius 1 is 1.25 bits per heavy atom. The van der Waals surface area contributed by atoms with Crippen LogP contribution in [0.4, 0.5) is 5.82 Å². The van der Waals surface area contributed by atoms with E-state index in [2.05, 4.69) is 41.5 Å². The van der Waals surface area contributed by atoms with Crippen LogP contribution >= 0.6 is 11.8 Å². The zero-order valence-corrected chi connectivity index (χ0v) is 18.0. The summed E-state index contributed by atoms with van der Waals surface area (Å²) < 4.78 is 1.87. The van der Waals surface area contributed by atoms with Gasteiger partial charge in [-0.1, -0.05) is 51.8 Å². The van der Waals surface area contributed by atoms with Crippen molar-refractivity contribution in [3.8, 4) is 0 Å². The second kappa shape index (κ2) is 10.1. The summed E-state index contributed by atoms with van der Waals surface area (Å²) in [6, 6.07) is 0. The lowest BCUT2D eigenvalue weighted by atomic mass is 9.89. The van der Waals surface area contributed by atoms with Crippen molar-refractivity contribution in [2.75, 3.05) is 18.4 Å². The van der Waals surface area contributed by atoms with Crippen LogP contribution in [0.15, 0.2) is 11.4 Å². The highest BCUT2D eigenvalue weighted by Gasteiger charge is 2.20. The molecule has 8 heteroatoms. The maximum atomic E-state index is 12.4. The van der Waals surface area contributed by atoms with Gasteiger partial charge in [-0.2, -0.15) is 5.10 Å². The van der Waals surface area contributed by atoms with Crippen molar-refractivity contribution in [2.45, 2.75) is 76.2 Å². The first-order valence-electron chi connectivity index (χ1n) is 10.5. The molecular formula is C20H32N6OS. The van der Waals surface area contributed by atoms with Gasteiger partial charge in [0.15, 0.2) is 10.8 Å². The average Bonchev–Trinajstić information content (AvgIpc) is 3.09. The number of amides is 1. The molecule has 0 unspecified atom stereocenters. The van der Waals surface area contributed by atoms with E-state index in [-0.39, 0.29) is 11.8 Å². The Kier molecular flexibility index (Phi) is 7.53. The predicted molar refractivity (Wildman–Crippen MR) is 115 cm³/mol. The third-order valence-corrected chi connectivity index (χ3v) is 5.82. The van der Waals surface area contributed by atoms with Crippen LogP contribution in [0.5, 0.6) is 0 Å². The third kappa shape index (κ3) is 5.37. The summed E-state index contributed by atoms with van der Waals surface area (Å²) in [5.74, 6) is 1.21. The van der Waals surface area contributed by atoms with E-state index in [1.807, 2.05) is 10.9 Å². The van der Waals surface area contributed by atoms with Crippen LogP contribution in [0.3, 0.4) is 0 Å². The molecule has 154 valence electrons. The summed E-state index contributed by atoms with van der Waals surface area (Å²) in [7, 11) is 0. The summed E-state index contributed by atoms with van der Waals surface area (Å²) in [5, 5.41) is 13.1. The highest BCUT2D eigenvalue weighted by Crippen LogP contribution is 2.26. The highest BCUT2D eigenvalue weighted by molar-refractivity contribution is 7.99. The molecular weight excluding hydrogens is 372 g/mol. The van der Waals surface area contributed by atoms with Gasteiger partial charge in [0, 0.05) is 24.3 Å². The average molecular weight is 405 g/mol. The fourth-order valence-corrected chi connectivity index (χ4v) is 4.24. The maximum absolute atomic E-state index is 12.4. The quantitative estimate of drug-likeness (QED) is 0.488. The first-order chi connectivity index (χ1) is 13.6. The molecule has 2 aromatic heterocycles. The van der Waals surface area contributed by atoms with Crippen LogP contribution in [0, 0.1) is 5.92 Å². The molecule has 1 fully saturated rings. The number of hydrogen-bond donors (Lipinski definition) is 2. The van der Waals surface area contributed by atoms with Gasteiger partial charge < -0.3 is 10.6 Å². The van der Waals surface area contributed by atoms with Crippen molar-refractivity contribution in [2.24, 2.45) is 5.92 Å². The lowest BCUT2D eigenvalue weighted by Gasteiger charge is -2.20. The number of carbonyl (C=O) groups is 1. The molecule has 1 aliphatic rings. The molecule has 0 saturated heterocycles. The summed E-state index contributed by atoms with van der Waals surface area (Å²) in [6.07, 6.45) is 8.48. The lowest BCUT2D eigenvalue weighted by molar-refractivity contribution is -0.125. The molecule has 28 heavy (non-hydrogen) atoms. The van der Waals surface area contributed by atoms with Gasteiger partial charge in [-0.3, -0.25) is 4.79 Å². The van der Waals surface area contributed by atoms with Crippen LogP contribution in [0.2, 0.25) is 0 Å². The third-order valence-electron chi connectivity index (χ3n) is 4.96. The summed E-state index contributed by atoms with van der Waals surface area (Å²) in [4.78, 5) is 21.8. The molecule has 1 amide bonds. The Bertz CT molecular complexity index is 784. The van der Waals surface area contributed by atoms with Crippen molar-refractivity contribution >= 4 is 34.5 Å². The molecule has 0 spiro atoms. The highest BCUT2D eigenvalue weighted by atomic mass is 32.2. The minimum atomic E-state index is 0.185. The Balaban J connectivity index is 1.70. The summed E-state index contributed by atoms with van der Waals surface area (Å²) in [5.41, 5.74) is 0.823. The molecule has 2 heterocycles. The first-order valence-corrected chi connectivity index (χ1v) is 11.4.